The van der Waals surface area contributed by atoms with Crippen LogP contribution in [0.3, 0.4) is 0 Å². The van der Waals surface area contributed by atoms with Gasteiger partial charge in [-0.2, -0.15) is 0 Å². The van der Waals surface area contributed by atoms with E-state index in [1.165, 1.54) is 11.9 Å². The molecule has 0 bridgehead atoms. The normalized spacial score (nSPS) is 5.50. The third-order valence-electron chi connectivity index (χ3n) is 0.190. The fourth-order valence-corrected chi connectivity index (χ4v) is 0.177. The number of carbonyl (C=O) groups excluding carboxylic acids is 2. The van der Waals surface area contributed by atoms with Crippen LogP contribution < -0.4 is 57.5 Å². The first-order chi connectivity index (χ1) is 2.91. The van der Waals surface area contributed by atoms with Crippen molar-refractivity contribution in [3.8, 4) is 0 Å². The Hall–Kier alpha value is 1.29. The molecule has 0 aromatic carbocycles. The van der Waals surface area contributed by atoms with E-state index >= 15 is 0 Å². The second-order valence-electron chi connectivity index (χ2n) is 0.516. The number of hydrogen-bond acceptors (Lipinski definition) is 3. The minimum atomic E-state index is 0. The Labute approximate surface area is 95.0 Å². The molecular formula is C3H6KNO2S. The van der Waals surface area contributed by atoms with Gasteiger partial charge in [0.25, 0.3) is 0 Å². The predicted octanol–water partition coefficient (Wildman–Crippen LogP) is -2.72. The Balaban J connectivity index is -0.000000125. The van der Waals surface area contributed by atoms with Crippen molar-refractivity contribution >= 4 is 23.7 Å². The molecule has 5 heteroatoms. The number of thioether (sulfide) groups is 1. The minimum absolute atomic E-state index is 0. The van der Waals surface area contributed by atoms with E-state index in [2.05, 4.69) is 0 Å². The maximum Gasteiger partial charge on any atom is 1.00 e. The van der Waals surface area contributed by atoms with Crippen molar-refractivity contribution in [1.29, 1.82) is 0 Å². The van der Waals surface area contributed by atoms with Gasteiger partial charge in [0.1, 0.15) is 0 Å². The van der Waals surface area contributed by atoms with Gasteiger partial charge >= 0.3 is 51.4 Å². The second-order valence-corrected chi connectivity index (χ2v) is 1.26. The van der Waals surface area contributed by atoms with Gasteiger partial charge in [-0.15, -0.1) is 5.75 Å². The summed E-state index contributed by atoms with van der Waals surface area (Å²) in [5.74, 6) is 0.101. The molecule has 0 unspecified atom stereocenters. The molecule has 0 aromatic rings. The Morgan fingerprint density at radius 2 is 1.88 bits per heavy atom. The van der Waals surface area contributed by atoms with Crippen LogP contribution in [0.25, 0.3) is 0 Å². The largest absolute Gasteiger partial charge is 1.00 e. The van der Waals surface area contributed by atoms with Crippen LogP contribution in [-0.2, 0) is 9.59 Å². The molecule has 0 aliphatic heterocycles. The molecule has 0 fully saturated rings. The quantitative estimate of drug-likeness (QED) is 0.276. The van der Waals surface area contributed by atoms with Crippen molar-refractivity contribution in [2.45, 2.75) is 0 Å². The molecule has 0 rings (SSSR count). The standard InChI is InChI=1S/C3H2O2S.K.H3N/c4-1-2-6-3-5;;/h2H2;;1H3/q-2;+1;/p+1. The molecule has 0 amide bonds. The summed E-state index contributed by atoms with van der Waals surface area (Å²) in [5.41, 5.74) is 1.47. The van der Waals surface area contributed by atoms with Gasteiger partial charge in [-0.25, -0.2) is 5.62 Å². The van der Waals surface area contributed by atoms with Crippen molar-refractivity contribution in [1.82, 2.24) is 6.15 Å². The Kier molecular flexibility index (Phi) is 31.8. The maximum absolute atomic E-state index is 9.24. The molecule has 42 valence electrons. The second kappa shape index (κ2) is 15.7. The van der Waals surface area contributed by atoms with Crippen LogP contribution in [0.5, 0.6) is 0 Å². The SMILES string of the molecule is O=[C-]CS[C-]=O.[K+].[NH4+]. The molecule has 0 spiro atoms. The van der Waals surface area contributed by atoms with Crippen LogP contribution in [0.2, 0.25) is 0 Å². The van der Waals surface area contributed by atoms with Gasteiger partial charge in [-0.3, -0.25) is 6.29 Å². The van der Waals surface area contributed by atoms with Crippen molar-refractivity contribution in [3.05, 3.63) is 0 Å². The van der Waals surface area contributed by atoms with E-state index in [1.807, 2.05) is 0 Å². The average Bonchev–Trinajstić information content (AvgIpc) is 1.61. The molecule has 0 radical (unpaired) electrons. The number of hydrogen-bond donors (Lipinski definition) is 1. The third kappa shape index (κ3) is 15.7. The molecule has 0 heterocycles. The summed E-state index contributed by atoms with van der Waals surface area (Å²) in [6.45, 7) is 0. The summed E-state index contributed by atoms with van der Waals surface area (Å²) in [6, 6.07) is 0. The summed E-state index contributed by atoms with van der Waals surface area (Å²) < 4.78 is 0. The number of rotatable bonds is 3. The molecule has 0 aliphatic rings. The number of quaternary nitrogens is 1. The molecule has 0 aliphatic carbocycles. The first kappa shape index (κ1) is 16.1. The zero-order valence-corrected chi connectivity index (χ0v) is 8.87. The monoisotopic (exact) mass is 159 g/mol. The Morgan fingerprint density at radius 1 is 1.38 bits per heavy atom. The van der Waals surface area contributed by atoms with E-state index in [0.717, 1.165) is 11.8 Å². The van der Waals surface area contributed by atoms with E-state index in [9.17, 15) is 9.59 Å². The van der Waals surface area contributed by atoms with Crippen LogP contribution in [-0.4, -0.2) is 17.7 Å². The smallest absolute Gasteiger partial charge is 0.541 e. The molecule has 0 saturated carbocycles. The third-order valence-corrected chi connectivity index (χ3v) is 0.570. The van der Waals surface area contributed by atoms with Gasteiger partial charge in [-0.05, 0) is 0 Å². The van der Waals surface area contributed by atoms with Crippen LogP contribution in [0.4, 0.5) is 0 Å². The van der Waals surface area contributed by atoms with Crippen LogP contribution >= 0.6 is 11.8 Å². The fourth-order valence-electron chi connectivity index (χ4n) is 0.0589. The van der Waals surface area contributed by atoms with Crippen LogP contribution in [0.15, 0.2) is 0 Å². The summed E-state index contributed by atoms with van der Waals surface area (Å²) in [4.78, 5) is 18.5. The fraction of sp³-hybridized carbons (Fsp3) is 0.333. The zero-order valence-electron chi connectivity index (χ0n) is 4.93. The topological polar surface area (TPSA) is 70.6 Å². The van der Waals surface area contributed by atoms with Crippen molar-refractivity contribution in [2.24, 2.45) is 0 Å². The molecule has 8 heavy (non-hydrogen) atoms. The van der Waals surface area contributed by atoms with E-state index in [0.29, 0.717) is 0 Å². The summed E-state index contributed by atoms with van der Waals surface area (Å²) in [7, 11) is 0. The van der Waals surface area contributed by atoms with E-state index in [4.69, 9.17) is 0 Å². The first-order valence-corrected chi connectivity index (χ1v) is 2.24. The van der Waals surface area contributed by atoms with Gasteiger partial charge in [0, 0.05) is 0 Å². The van der Waals surface area contributed by atoms with Crippen LogP contribution in [0.1, 0.15) is 0 Å². The van der Waals surface area contributed by atoms with Gasteiger partial charge in [0.2, 0.25) is 0 Å². The van der Waals surface area contributed by atoms with Crippen molar-refractivity contribution in [3.63, 3.8) is 0 Å². The van der Waals surface area contributed by atoms with Gasteiger partial charge in [0.15, 0.2) is 0 Å². The Morgan fingerprint density at radius 3 is 2.00 bits per heavy atom. The molecule has 3 nitrogen and oxygen atoms in total. The minimum Gasteiger partial charge on any atom is -0.541 e. The van der Waals surface area contributed by atoms with Gasteiger partial charge < -0.3 is 27.5 Å². The van der Waals surface area contributed by atoms with Crippen LogP contribution in [0, 0.1) is 0 Å². The van der Waals surface area contributed by atoms with Crippen molar-refractivity contribution < 1.29 is 61.0 Å². The predicted molar refractivity (Wildman–Crippen MR) is 29.8 cm³/mol. The zero-order chi connectivity index (χ0) is 4.83. The van der Waals surface area contributed by atoms with E-state index in [1.54, 1.807) is 0 Å². The Bertz CT molecular complexity index is 53.2. The maximum atomic E-state index is 9.24. The summed E-state index contributed by atoms with van der Waals surface area (Å²) in [6.07, 6.45) is 1.52. The summed E-state index contributed by atoms with van der Waals surface area (Å²) in [5, 5.41) is 0. The average molecular weight is 159 g/mol. The molecular weight excluding hydrogens is 153 g/mol. The molecule has 0 atom stereocenters. The van der Waals surface area contributed by atoms with E-state index < -0.39 is 0 Å². The van der Waals surface area contributed by atoms with E-state index in [-0.39, 0.29) is 63.3 Å². The van der Waals surface area contributed by atoms with Gasteiger partial charge in [-0.1, -0.05) is 0 Å². The molecule has 4 N–H and O–H groups in total. The van der Waals surface area contributed by atoms with Crippen molar-refractivity contribution in [2.75, 3.05) is 5.75 Å². The van der Waals surface area contributed by atoms with Gasteiger partial charge in [0.05, 0.1) is 0 Å². The first-order valence-electron chi connectivity index (χ1n) is 1.25. The molecule has 0 aromatic heterocycles. The molecule has 0 saturated heterocycles. The summed E-state index contributed by atoms with van der Waals surface area (Å²) >= 11 is 0.779.